The van der Waals surface area contributed by atoms with Gasteiger partial charge in [-0.15, -0.1) is 0 Å². The first-order valence-electron chi connectivity index (χ1n) is 12.5. The van der Waals surface area contributed by atoms with Crippen LogP contribution in [0.3, 0.4) is 0 Å². The molecule has 3 aromatic rings. The maximum atomic E-state index is 13.3. The van der Waals surface area contributed by atoms with Gasteiger partial charge in [0.2, 0.25) is 0 Å². The van der Waals surface area contributed by atoms with Gasteiger partial charge >= 0.3 is 0 Å². The summed E-state index contributed by atoms with van der Waals surface area (Å²) in [7, 11) is 3.95. The maximum Gasteiger partial charge on any atom is 0.295 e. The van der Waals surface area contributed by atoms with E-state index in [2.05, 4.69) is 0 Å². The number of aliphatic hydroxyl groups excluding tert-OH is 1. The third-order valence-electron chi connectivity index (χ3n) is 6.64. The molecule has 1 heterocycles. The number of nitrogens with zero attached hydrogens (tertiary/aromatic N) is 2. The molecular weight excluding hydrogens is 464 g/mol. The summed E-state index contributed by atoms with van der Waals surface area (Å²) in [6, 6.07) is 22.4. The largest absolute Gasteiger partial charge is 0.507 e. The molecule has 0 aliphatic carbocycles. The molecule has 1 atom stereocenters. The molecule has 0 unspecified atom stereocenters. The van der Waals surface area contributed by atoms with E-state index in [4.69, 9.17) is 4.74 Å². The van der Waals surface area contributed by atoms with Gasteiger partial charge in [-0.3, -0.25) is 9.59 Å². The van der Waals surface area contributed by atoms with Crippen molar-refractivity contribution in [1.29, 1.82) is 0 Å². The smallest absolute Gasteiger partial charge is 0.295 e. The predicted octanol–water partition coefficient (Wildman–Crippen LogP) is 5.26. The number of ether oxygens (including phenoxy) is 1. The van der Waals surface area contributed by atoms with Gasteiger partial charge in [0.25, 0.3) is 11.7 Å². The van der Waals surface area contributed by atoms with Crippen LogP contribution in [0.1, 0.15) is 40.3 Å². The van der Waals surface area contributed by atoms with Gasteiger partial charge in [0, 0.05) is 12.1 Å². The van der Waals surface area contributed by atoms with Crippen molar-refractivity contribution in [2.24, 2.45) is 0 Å². The molecule has 1 aliphatic heterocycles. The molecule has 3 aromatic carbocycles. The number of rotatable bonds is 9. The number of aryl methyl sites for hydroxylation is 2. The molecule has 0 saturated carbocycles. The van der Waals surface area contributed by atoms with Crippen molar-refractivity contribution in [1.82, 2.24) is 9.80 Å². The van der Waals surface area contributed by atoms with E-state index < -0.39 is 17.7 Å². The van der Waals surface area contributed by atoms with Gasteiger partial charge in [0.15, 0.2) is 0 Å². The van der Waals surface area contributed by atoms with Gasteiger partial charge in [-0.1, -0.05) is 60.2 Å². The lowest BCUT2D eigenvalue weighted by atomic mass is 9.93. The third-order valence-corrected chi connectivity index (χ3v) is 6.64. The van der Waals surface area contributed by atoms with E-state index in [9.17, 15) is 14.7 Å². The van der Waals surface area contributed by atoms with Crippen molar-refractivity contribution in [3.63, 3.8) is 0 Å². The molecule has 6 heteroatoms. The first kappa shape index (κ1) is 26.2. The van der Waals surface area contributed by atoms with E-state index in [-0.39, 0.29) is 11.3 Å². The summed E-state index contributed by atoms with van der Waals surface area (Å²) in [5, 5.41) is 11.4. The maximum absolute atomic E-state index is 13.3. The van der Waals surface area contributed by atoms with Gasteiger partial charge in [0.05, 0.1) is 11.6 Å². The Morgan fingerprint density at radius 3 is 2.32 bits per heavy atom. The number of ketones is 1. The molecule has 0 spiro atoms. The van der Waals surface area contributed by atoms with Crippen molar-refractivity contribution in [2.75, 3.05) is 27.2 Å². The minimum atomic E-state index is -0.656. The van der Waals surface area contributed by atoms with Gasteiger partial charge in [-0.25, -0.2) is 0 Å². The molecule has 0 bridgehead atoms. The number of likely N-dealkylation sites (tertiary alicyclic amines) is 1. The lowest BCUT2D eigenvalue weighted by molar-refractivity contribution is -0.139. The Morgan fingerprint density at radius 2 is 1.68 bits per heavy atom. The fourth-order valence-electron chi connectivity index (χ4n) is 4.64. The summed E-state index contributed by atoms with van der Waals surface area (Å²) in [6.45, 7) is 5.48. The number of benzene rings is 3. The Morgan fingerprint density at radius 1 is 0.973 bits per heavy atom. The van der Waals surface area contributed by atoms with Crippen LogP contribution in [0.2, 0.25) is 0 Å². The Bertz CT molecular complexity index is 1300. The Kier molecular flexibility index (Phi) is 8.09. The minimum absolute atomic E-state index is 0.125. The van der Waals surface area contributed by atoms with Crippen molar-refractivity contribution in [3.05, 3.63) is 106 Å². The van der Waals surface area contributed by atoms with E-state index in [1.165, 1.54) is 0 Å². The second-order valence-electron chi connectivity index (χ2n) is 9.81. The van der Waals surface area contributed by atoms with Crippen LogP contribution in [-0.2, 0) is 16.2 Å². The van der Waals surface area contributed by atoms with Crippen LogP contribution in [0.25, 0.3) is 5.76 Å². The highest BCUT2D eigenvalue weighted by Gasteiger charge is 2.45. The number of Topliss-reactive ketones (excluding diaryl/α,β-unsaturated/α-hetero) is 1. The highest BCUT2D eigenvalue weighted by atomic mass is 16.5. The fraction of sp³-hybridized carbons (Fsp3) is 0.290. The highest BCUT2D eigenvalue weighted by Crippen LogP contribution is 2.40. The fourth-order valence-corrected chi connectivity index (χ4v) is 4.64. The van der Waals surface area contributed by atoms with Gasteiger partial charge in [-0.2, -0.15) is 0 Å². The van der Waals surface area contributed by atoms with Crippen LogP contribution in [-0.4, -0.2) is 53.8 Å². The Labute approximate surface area is 218 Å². The van der Waals surface area contributed by atoms with Gasteiger partial charge < -0.3 is 19.6 Å². The normalized spacial score (nSPS) is 17.0. The van der Waals surface area contributed by atoms with E-state index in [0.29, 0.717) is 24.5 Å². The molecule has 1 fully saturated rings. The minimum Gasteiger partial charge on any atom is -0.507 e. The zero-order valence-corrected chi connectivity index (χ0v) is 21.9. The van der Waals surface area contributed by atoms with Crippen LogP contribution >= 0.6 is 0 Å². The molecule has 1 aliphatic rings. The molecule has 6 nitrogen and oxygen atoms in total. The van der Waals surface area contributed by atoms with Crippen molar-refractivity contribution < 1.29 is 19.4 Å². The first-order valence-corrected chi connectivity index (χ1v) is 12.5. The second-order valence-corrected chi connectivity index (χ2v) is 9.81. The van der Waals surface area contributed by atoms with Crippen LogP contribution in [0.4, 0.5) is 0 Å². The monoisotopic (exact) mass is 498 g/mol. The van der Waals surface area contributed by atoms with Crippen molar-refractivity contribution in [2.45, 2.75) is 32.9 Å². The molecular formula is C31H34N2O4. The first-order chi connectivity index (χ1) is 17.8. The summed E-state index contributed by atoms with van der Waals surface area (Å²) < 4.78 is 5.92. The summed E-state index contributed by atoms with van der Waals surface area (Å²) >= 11 is 0. The lowest BCUT2D eigenvalue weighted by Crippen LogP contribution is -2.32. The standard InChI is InChI=1S/C31H34N2O4/c1-21-11-13-24(14-12-21)28-27(30(35)31(36)33(28)18-8-17-32(3)4)29(34)26-16-15-25(19-22(26)2)37-20-23-9-6-5-7-10-23/h5-7,9-16,19,28,34H,8,17-18,20H2,1-4H3/b29-27+/t28-/m1/s1. The summed E-state index contributed by atoms with van der Waals surface area (Å²) in [5.74, 6) is -0.730. The predicted molar refractivity (Wildman–Crippen MR) is 145 cm³/mol. The van der Waals surface area contributed by atoms with Crippen molar-refractivity contribution in [3.8, 4) is 5.75 Å². The van der Waals surface area contributed by atoms with E-state index in [1.54, 1.807) is 17.0 Å². The number of carbonyl (C=O) groups excluding carboxylic acids is 2. The topological polar surface area (TPSA) is 70.1 Å². The highest BCUT2D eigenvalue weighted by molar-refractivity contribution is 6.46. The van der Waals surface area contributed by atoms with Gasteiger partial charge in [0.1, 0.15) is 18.1 Å². The lowest BCUT2D eigenvalue weighted by Gasteiger charge is -2.26. The second kappa shape index (κ2) is 11.4. The van der Waals surface area contributed by atoms with Crippen LogP contribution in [0, 0.1) is 13.8 Å². The Balaban J connectivity index is 1.68. The average molecular weight is 499 g/mol. The summed E-state index contributed by atoms with van der Waals surface area (Å²) in [5.41, 5.74) is 4.33. The zero-order chi connectivity index (χ0) is 26.5. The third kappa shape index (κ3) is 5.92. The molecule has 0 aromatic heterocycles. The summed E-state index contributed by atoms with van der Waals surface area (Å²) in [4.78, 5) is 30.0. The Hall–Kier alpha value is -3.90. The van der Waals surface area contributed by atoms with Gasteiger partial charge in [-0.05, 0) is 75.8 Å². The molecule has 1 saturated heterocycles. The van der Waals surface area contributed by atoms with E-state index in [0.717, 1.165) is 35.2 Å². The summed E-state index contributed by atoms with van der Waals surface area (Å²) in [6.07, 6.45) is 0.717. The SMILES string of the molecule is Cc1ccc([C@@H]2/C(=C(\O)c3ccc(OCc4ccccc4)cc3C)C(=O)C(=O)N2CCCN(C)C)cc1. The number of aliphatic hydroxyl groups is 1. The molecule has 1 N–H and O–H groups in total. The van der Waals surface area contributed by atoms with E-state index in [1.807, 2.05) is 93.5 Å². The molecule has 37 heavy (non-hydrogen) atoms. The zero-order valence-electron chi connectivity index (χ0n) is 21.9. The van der Waals surface area contributed by atoms with Crippen LogP contribution < -0.4 is 4.74 Å². The van der Waals surface area contributed by atoms with Crippen LogP contribution in [0.5, 0.6) is 5.75 Å². The number of hydrogen-bond acceptors (Lipinski definition) is 5. The average Bonchev–Trinajstić information content (AvgIpc) is 3.13. The van der Waals surface area contributed by atoms with Crippen molar-refractivity contribution >= 4 is 17.4 Å². The number of carbonyl (C=O) groups is 2. The molecule has 4 rings (SSSR count). The number of amides is 1. The molecule has 1 amide bonds. The van der Waals surface area contributed by atoms with Crippen LogP contribution in [0.15, 0.2) is 78.4 Å². The molecule has 192 valence electrons. The van der Waals surface area contributed by atoms with E-state index >= 15 is 0 Å². The molecule has 0 radical (unpaired) electrons. The quantitative estimate of drug-likeness (QED) is 0.248. The number of hydrogen-bond donors (Lipinski definition) is 1.